The molecule has 1 aromatic carbocycles. The lowest BCUT2D eigenvalue weighted by Crippen LogP contribution is -2.42. The van der Waals surface area contributed by atoms with E-state index in [0.29, 0.717) is 11.8 Å². The molecule has 0 amide bonds. The summed E-state index contributed by atoms with van der Waals surface area (Å²) in [6, 6.07) is 12.2. The van der Waals surface area contributed by atoms with Gasteiger partial charge in [0.2, 0.25) is 0 Å². The van der Waals surface area contributed by atoms with Crippen molar-refractivity contribution in [3.8, 4) is 5.75 Å². The van der Waals surface area contributed by atoms with Gasteiger partial charge in [-0.25, -0.2) is 0 Å². The van der Waals surface area contributed by atoms with Gasteiger partial charge in [-0.3, -0.25) is 4.98 Å². The summed E-state index contributed by atoms with van der Waals surface area (Å²) in [5.74, 6) is 2.87. The number of hydrogen-bond acceptors (Lipinski definition) is 6. The first-order chi connectivity index (χ1) is 15.3. The summed E-state index contributed by atoms with van der Waals surface area (Å²) in [5.41, 5.74) is 2.35. The van der Waals surface area contributed by atoms with E-state index in [1.54, 1.807) is 25.1 Å². The van der Waals surface area contributed by atoms with E-state index in [1.807, 2.05) is 30.5 Å². The maximum Gasteiger partial charge on any atom is 0.160 e. The molecule has 0 bridgehead atoms. The summed E-state index contributed by atoms with van der Waals surface area (Å²) in [6.07, 6.45) is 8.12. The number of methoxy groups -OCH3 is 1. The van der Waals surface area contributed by atoms with Crippen LogP contribution in [0.2, 0.25) is 0 Å². The number of furan rings is 1. The maximum absolute atomic E-state index is 10.0. The van der Waals surface area contributed by atoms with Crippen LogP contribution in [-0.2, 0) is 6.42 Å². The molecule has 1 N–H and O–H groups in total. The Hall–Kier alpha value is -2.02. The van der Waals surface area contributed by atoms with Crippen LogP contribution in [0.1, 0.15) is 24.8 Å². The molecule has 166 valence electrons. The normalized spacial score (nSPS) is 19.7. The second-order valence-corrected chi connectivity index (χ2v) is 9.42. The topological polar surface area (TPSA) is 58.7 Å². The molecule has 0 saturated carbocycles. The number of pyridine rings is 1. The number of aliphatic hydroxyl groups excluding tert-OH is 1. The predicted octanol–water partition coefficient (Wildman–Crippen LogP) is 4.88. The minimum atomic E-state index is 0.280. The first kappa shape index (κ1) is 22.2. The van der Waals surface area contributed by atoms with Gasteiger partial charge in [0.15, 0.2) is 5.09 Å². The molecule has 2 atom stereocenters. The van der Waals surface area contributed by atoms with Gasteiger partial charge in [0.05, 0.1) is 18.9 Å². The summed E-state index contributed by atoms with van der Waals surface area (Å²) in [4.78, 5) is 6.98. The van der Waals surface area contributed by atoms with Gasteiger partial charge < -0.3 is 19.2 Å². The van der Waals surface area contributed by atoms with Gasteiger partial charge in [-0.05, 0) is 86.0 Å². The average molecular weight is 441 g/mol. The molecule has 5 nitrogen and oxygen atoms in total. The number of hydrogen-bond donors (Lipinski definition) is 1. The highest BCUT2D eigenvalue weighted by Crippen LogP contribution is 2.30. The number of ether oxygens (including phenoxy) is 1. The number of aromatic nitrogens is 1. The molecule has 4 rings (SSSR count). The molecule has 0 spiro atoms. The number of likely N-dealkylation sites (tertiary alicyclic amines) is 1. The lowest BCUT2D eigenvalue weighted by atomic mass is 9.82. The van der Waals surface area contributed by atoms with Crippen LogP contribution in [0.25, 0.3) is 10.9 Å². The Kier molecular flexibility index (Phi) is 7.89. The Morgan fingerprint density at radius 1 is 1.26 bits per heavy atom. The molecule has 1 aliphatic rings. The van der Waals surface area contributed by atoms with Crippen molar-refractivity contribution in [1.29, 1.82) is 0 Å². The number of piperidine rings is 1. The molecule has 0 unspecified atom stereocenters. The number of benzene rings is 1. The molecule has 1 aliphatic heterocycles. The molecule has 31 heavy (non-hydrogen) atoms. The summed E-state index contributed by atoms with van der Waals surface area (Å²) < 4.78 is 10.8. The largest absolute Gasteiger partial charge is 0.497 e. The van der Waals surface area contributed by atoms with E-state index < -0.39 is 0 Å². The molecular formula is C25H32N2O3S. The predicted molar refractivity (Wildman–Crippen MR) is 126 cm³/mol. The van der Waals surface area contributed by atoms with Crippen molar-refractivity contribution >= 4 is 22.7 Å². The summed E-state index contributed by atoms with van der Waals surface area (Å²) in [5, 5.41) is 12.2. The van der Waals surface area contributed by atoms with Crippen molar-refractivity contribution in [2.24, 2.45) is 11.8 Å². The average Bonchev–Trinajstić information content (AvgIpc) is 3.33. The Balaban J connectivity index is 1.26. The fourth-order valence-corrected chi connectivity index (χ4v) is 5.50. The molecule has 0 aliphatic carbocycles. The van der Waals surface area contributed by atoms with E-state index in [0.717, 1.165) is 61.0 Å². The number of aliphatic hydroxyl groups is 1. The van der Waals surface area contributed by atoms with Gasteiger partial charge in [0.25, 0.3) is 0 Å². The van der Waals surface area contributed by atoms with Crippen LogP contribution >= 0.6 is 11.8 Å². The Morgan fingerprint density at radius 3 is 3.00 bits per heavy atom. The SMILES string of the molecule is COc1ccc2nccc(CCC[C@@H]3CCN(CCSc4ccco4)C[C@@H]3CO)c2c1. The zero-order valence-electron chi connectivity index (χ0n) is 18.2. The Bertz CT molecular complexity index is 947. The molecule has 3 aromatic rings. The minimum Gasteiger partial charge on any atom is -0.497 e. The highest BCUT2D eigenvalue weighted by Gasteiger charge is 2.28. The highest BCUT2D eigenvalue weighted by molar-refractivity contribution is 7.99. The lowest BCUT2D eigenvalue weighted by Gasteiger charge is -2.38. The second-order valence-electron chi connectivity index (χ2n) is 8.32. The zero-order chi connectivity index (χ0) is 21.5. The Labute approximate surface area is 188 Å². The summed E-state index contributed by atoms with van der Waals surface area (Å²) >= 11 is 1.76. The van der Waals surface area contributed by atoms with Crippen LogP contribution in [0.5, 0.6) is 5.75 Å². The second kappa shape index (κ2) is 11.0. The minimum absolute atomic E-state index is 0.280. The molecular weight excluding hydrogens is 408 g/mol. The number of thioether (sulfide) groups is 1. The van der Waals surface area contributed by atoms with Crippen molar-refractivity contribution in [2.75, 3.05) is 39.1 Å². The molecule has 1 fully saturated rings. The van der Waals surface area contributed by atoms with Crippen molar-refractivity contribution in [1.82, 2.24) is 9.88 Å². The first-order valence-electron chi connectivity index (χ1n) is 11.2. The molecule has 1 saturated heterocycles. The van der Waals surface area contributed by atoms with Gasteiger partial charge in [-0.1, -0.05) is 11.8 Å². The highest BCUT2D eigenvalue weighted by atomic mass is 32.2. The van der Waals surface area contributed by atoms with Crippen LogP contribution in [0.3, 0.4) is 0 Å². The van der Waals surface area contributed by atoms with Crippen LogP contribution < -0.4 is 4.74 Å². The van der Waals surface area contributed by atoms with E-state index in [2.05, 4.69) is 22.0 Å². The number of fused-ring (bicyclic) bond motifs is 1. The summed E-state index contributed by atoms with van der Waals surface area (Å²) in [6.45, 7) is 3.44. The van der Waals surface area contributed by atoms with Crippen molar-refractivity contribution < 1.29 is 14.3 Å². The molecule has 6 heteroatoms. The van der Waals surface area contributed by atoms with Crippen LogP contribution in [0.4, 0.5) is 0 Å². The molecule has 2 aromatic heterocycles. The van der Waals surface area contributed by atoms with E-state index in [4.69, 9.17) is 9.15 Å². The molecule has 0 radical (unpaired) electrons. The van der Waals surface area contributed by atoms with E-state index in [-0.39, 0.29) is 6.61 Å². The third kappa shape index (κ3) is 5.82. The van der Waals surface area contributed by atoms with E-state index in [1.165, 1.54) is 17.4 Å². The van der Waals surface area contributed by atoms with Gasteiger partial charge in [-0.15, -0.1) is 0 Å². The first-order valence-corrected chi connectivity index (χ1v) is 12.2. The summed E-state index contributed by atoms with van der Waals surface area (Å²) in [7, 11) is 1.70. The third-order valence-corrected chi connectivity index (χ3v) is 7.32. The van der Waals surface area contributed by atoms with Crippen molar-refractivity contribution in [3.05, 3.63) is 54.4 Å². The maximum atomic E-state index is 10.0. The fourth-order valence-electron chi connectivity index (χ4n) is 4.65. The van der Waals surface area contributed by atoms with E-state index in [9.17, 15) is 5.11 Å². The van der Waals surface area contributed by atoms with Crippen LogP contribution in [0, 0.1) is 11.8 Å². The van der Waals surface area contributed by atoms with Gasteiger partial charge in [-0.2, -0.15) is 0 Å². The van der Waals surface area contributed by atoms with Crippen LogP contribution in [0.15, 0.2) is 58.4 Å². The smallest absolute Gasteiger partial charge is 0.160 e. The lowest BCUT2D eigenvalue weighted by molar-refractivity contribution is 0.0710. The fraction of sp³-hybridized carbons (Fsp3) is 0.480. The van der Waals surface area contributed by atoms with Gasteiger partial charge in [0.1, 0.15) is 5.75 Å². The standard InChI is InChI=1S/C25H32N2O3S/c1-29-22-7-8-24-23(16-22)20(9-11-26-24)5-2-4-19-10-12-27(17-21(19)18-28)13-15-31-25-6-3-14-30-25/h3,6-9,11,14,16,19,21,28H,2,4-5,10,12-13,15,17-18H2,1H3/t19-,21-/m1/s1. The quantitative estimate of drug-likeness (QED) is 0.453. The number of nitrogens with zero attached hydrogens (tertiary/aromatic N) is 2. The van der Waals surface area contributed by atoms with Crippen molar-refractivity contribution in [2.45, 2.75) is 30.8 Å². The zero-order valence-corrected chi connectivity index (χ0v) is 19.0. The monoisotopic (exact) mass is 440 g/mol. The number of aryl methyl sites for hydroxylation is 1. The molecule has 3 heterocycles. The van der Waals surface area contributed by atoms with Gasteiger partial charge in [0, 0.05) is 37.0 Å². The van der Waals surface area contributed by atoms with Crippen molar-refractivity contribution in [3.63, 3.8) is 0 Å². The van der Waals surface area contributed by atoms with Gasteiger partial charge >= 0.3 is 0 Å². The number of rotatable bonds is 10. The third-order valence-electron chi connectivity index (χ3n) is 6.42. The van der Waals surface area contributed by atoms with E-state index >= 15 is 0 Å². The Morgan fingerprint density at radius 2 is 2.19 bits per heavy atom. The van der Waals surface area contributed by atoms with Crippen LogP contribution in [-0.4, -0.2) is 54.1 Å².